The maximum Gasteiger partial charge on any atom is 0.337 e. The van der Waals surface area contributed by atoms with Gasteiger partial charge < -0.3 is 25.6 Å². The second-order valence-electron chi connectivity index (χ2n) is 5.29. The zero-order valence-corrected chi connectivity index (χ0v) is 11.8. The highest BCUT2D eigenvalue weighted by Gasteiger charge is 2.38. The van der Waals surface area contributed by atoms with Crippen molar-refractivity contribution in [2.45, 2.75) is 31.9 Å². The average Bonchev–Trinajstić information content (AvgIpc) is 2.71. The van der Waals surface area contributed by atoms with E-state index in [4.69, 9.17) is 9.84 Å². The molecule has 2 amide bonds. The van der Waals surface area contributed by atoms with E-state index in [-0.39, 0.29) is 23.1 Å². The van der Waals surface area contributed by atoms with Crippen molar-refractivity contribution in [2.75, 3.05) is 11.9 Å². The number of urea groups is 1. The monoisotopic (exact) mass is 294 g/mol. The minimum absolute atomic E-state index is 0.118. The molecule has 0 bridgehead atoms. The van der Waals surface area contributed by atoms with E-state index in [1.807, 2.05) is 13.8 Å². The summed E-state index contributed by atoms with van der Waals surface area (Å²) in [4.78, 5) is 23.2. The topological polar surface area (TPSA) is 108 Å². The molecule has 1 aliphatic heterocycles. The van der Waals surface area contributed by atoms with Crippen molar-refractivity contribution in [3.05, 3.63) is 23.8 Å². The number of ether oxygens (including phenoxy) is 1. The number of rotatable bonds is 3. The van der Waals surface area contributed by atoms with Crippen LogP contribution in [0.3, 0.4) is 0 Å². The van der Waals surface area contributed by atoms with Crippen molar-refractivity contribution in [3.8, 4) is 5.75 Å². The van der Waals surface area contributed by atoms with Gasteiger partial charge in [-0.05, 0) is 38.5 Å². The van der Waals surface area contributed by atoms with Gasteiger partial charge in [-0.25, -0.2) is 9.59 Å². The molecule has 1 aromatic rings. The highest BCUT2D eigenvalue weighted by Crippen LogP contribution is 2.26. The summed E-state index contributed by atoms with van der Waals surface area (Å²) in [6, 6.07) is 3.23. The second-order valence-corrected chi connectivity index (χ2v) is 5.29. The van der Waals surface area contributed by atoms with Crippen LogP contribution < -0.4 is 10.6 Å². The fourth-order valence-corrected chi connectivity index (χ4v) is 2.23. The number of hydrogen-bond acceptors (Lipinski definition) is 4. The number of carbonyl (C=O) groups excluding carboxylic acids is 1. The maximum atomic E-state index is 12.0. The number of aromatic hydroxyl groups is 1. The molecule has 21 heavy (non-hydrogen) atoms. The number of anilines is 1. The van der Waals surface area contributed by atoms with Crippen LogP contribution >= 0.6 is 0 Å². The molecule has 2 rings (SSSR count). The zero-order valence-electron chi connectivity index (χ0n) is 11.8. The summed E-state index contributed by atoms with van der Waals surface area (Å²) in [5, 5.41) is 23.7. The van der Waals surface area contributed by atoms with Crippen molar-refractivity contribution in [1.29, 1.82) is 0 Å². The van der Waals surface area contributed by atoms with Gasteiger partial charge in [0, 0.05) is 6.61 Å². The first-order valence-electron chi connectivity index (χ1n) is 6.59. The van der Waals surface area contributed by atoms with Gasteiger partial charge in [-0.3, -0.25) is 0 Å². The number of carbonyl (C=O) groups is 2. The predicted molar refractivity (Wildman–Crippen MR) is 75.7 cm³/mol. The van der Waals surface area contributed by atoms with Gasteiger partial charge in [-0.1, -0.05) is 0 Å². The minimum atomic E-state index is -1.23. The van der Waals surface area contributed by atoms with Gasteiger partial charge >= 0.3 is 12.0 Å². The van der Waals surface area contributed by atoms with E-state index in [1.165, 1.54) is 12.1 Å². The number of carboxylic acid groups (broad SMARTS) is 1. The highest BCUT2D eigenvalue weighted by atomic mass is 16.5. The van der Waals surface area contributed by atoms with E-state index in [0.717, 1.165) is 6.07 Å². The van der Waals surface area contributed by atoms with Crippen molar-refractivity contribution >= 4 is 17.7 Å². The Morgan fingerprint density at radius 1 is 1.43 bits per heavy atom. The van der Waals surface area contributed by atoms with Crippen molar-refractivity contribution in [1.82, 2.24) is 5.32 Å². The maximum absolute atomic E-state index is 12.0. The van der Waals surface area contributed by atoms with Crippen LogP contribution in [0.25, 0.3) is 0 Å². The summed E-state index contributed by atoms with van der Waals surface area (Å²) < 4.78 is 5.43. The lowest BCUT2D eigenvalue weighted by molar-refractivity contribution is 0.0697. The molecule has 1 heterocycles. The van der Waals surface area contributed by atoms with Gasteiger partial charge in [-0.15, -0.1) is 0 Å². The summed E-state index contributed by atoms with van der Waals surface area (Å²) in [6.07, 6.45) is 0.560. The Balaban J connectivity index is 2.11. The zero-order chi connectivity index (χ0) is 15.6. The Kier molecular flexibility index (Phi) is 4.04. The number of hydrogen-bond donors (Lipinski definition) is 4. The van der Waals surface area contributed by atoms with Crippen LogP contribution in [-0.2, 0) is 4.74 Å². The molecule has 0 spiro atoms. The predicted octanol–water partition coefficient (Wildman–Crippen LogP) is 1.78. The average molecular weight is 294 g/mol. The number of nitrogens with one attached hydrogen (secondary N) is 2. The minimum Gasteiger partial charge on any atom is -0.508 e. The van der Waals surface area contributed by atoms with Gasteiger partial charge in [0.1, 0.15) is 5.75 Å². The van der Waals surface area contributed by atoms with E-state index >= 15 is 0 Å². The number of phenols is 1. The number of carboxylic acids is 1. The standard InChI is InChI=1S/C14H18N2O5/c1-8-14(2,5-6-21-8)16-13(20)15-11-4-3-9(17)7-10(11)12(18)19/h3-4,7-8,17H,5-6H2,1-2H3,(H,18,19)(H2,15,16,20). The fraction of sp³-hybridized carbons (Fsp3) is 0.429. The van der Waals surface area contributed by atoms with E-state index in [1.54, 1.807) is 0 Å². The van der Waals surface area contributed by atoms with Crippen LogP contribution in [0.15, 0.2) is 18.2 Å². The molecule has 7 heteroatoms. The van der Waals surface area contributed by atoms with Crippen LogP contribution in [0.4, 0.5) is 10.5 Å². The first kappa shape index (κ1) is 15.1. The van der Waals surface area contributed by atoms with E-state index in [9.17, 15) is 14.7 Å². The molecule has 1 aliphatic rings. The van der Waals surface area contributed by atoms with Crippen LogP contribution in [0.2, 0.25) is 0 Å². The first-order valence-corrected chi connectivity index (χ1v) is 6.59. The molecule has 7 nitrogen and oxygen atoms in total. The quantitative estimate of drug-likeness (QED) is 0.635. The smallest absolute Gasteiger partial charge is 0.337 e. The van der Waals surface area contributed by atoms with Gasteiger partial charge in [0.15, 0.2) is 0 Å². The summed E-state index contributed by atoms with van der Waals surface area (Å²) in [6.45, 7) is 4.31. The van der Waals surface area contributed by atoms with E-state index < -0.39 is 17.5 Å². The van der Waals surface area contributed by atoms with Crippen LogP contribution in [-0.4, -0.2) is 40.5 Å². The molecular weight excluding hydrogens is 276 g/mol. The molecule has 4 N–H and O–H groups in total. The highest BCUT2D eigenvalue weighted by molar-refractivity contribution is 6.00. The van der Waals surface area contributed by atoms with Gasteiger partial charge in [0.2, 0.25) is 0 Å². The summed E-state index contributed by atoms with van der Waals surface area (Å²) in [5.41, 5.74) is -0.552. The lowest BCUT2D eigenvalue weighted by atomic mass is 9.95. The number of phenolic OH excluding ortho intramolecular Hbond substituents is 1. The third-order valence-corrected chi connectivity index (χ3v) is 3.77. The first-order chi connectivity index (χ1) is 9.82. The largest absolute Gasteiger partial charge is 0.508 e. The molecule has 1 fully saturated rings. The normalized spacial score (nSPS) is 24.6. The third kappa shape index (κ3) is 3.25. The Morgan fingerprint density at radius 2 is 2.14 bits per heavy atom. The van der Waals surface area contributed by atoms with Crippen molar-refractivity contribution in [3.63, 3.8) is 0 Å². The van der Waals surface area contributed by atoms with Crippen LogP contribution in [0.1, 0.15) is 30.6 Å². The van der Waals surface area contributed by atoms with Crippen molar-refractivity contribution in [2.24, 2.45) is 0 Å². The number of benzene rings is 1. The Morgan fingerprint density at radius 3 is 2.71 bits per heavy atom. The third-order valence-electron chi connectivity index (χ3n) is 3.77. The number of amides is 2. The van der Waals surface area contributed by atoms with Crippen LogP contribution in [0, 0.1) is 0 Å². The van der Waals surface area contributed by atoms with Gasteiger partial charge in [-0.2, -0.15) is 0 Å². The molecule has 0 aliphatic carbocycles. The Labute approximate surface area is 121 Å². The molecule has 2 unspecified atom stereocenters. The number of aromatic carboxylic acids is 1. The van der Waals surface area contributed by atoms with Crippen molar-refractivity contribution < 1.29 is 24.5 Å². The molecule has 114 valence electrons. The summed E-state index contributed by atoms with van der Waals surface area (Å²) in [5.74, 6) is -1.41. The molecule has 2 atom stereocenters. The molecule has 1 saturated heterocycles. The van der Waals surface area contributed by atoms with E-state index in [0.29, 0.717) is 13.0 Å². The summed E-state index contributed by atoms with van der Waals surface area (Å²) >= 11 is 0. The molecular formula is C14H18N2O5. The molecule has 0 radical (unpaired) electrons. The van der Waals surface area contributed by atoms with E-state index in [2.05, 4.69) is 10.6 Å². The van der Waals surface area contributed by atoms with Crippen LogP contribution in [0.5, 0.6) is 5.75 Å². The SMILES string of the molecule is CC1OCCC1(C)NC(=O)Nc1ccc(O)cc1C(=O)O. The van der Waals surface area contributed by atoms with Gasteiger partial charge in [0.05, 0.1) is 22.9 Å². The summed E-state index contributed by atoms with van der Waals surface area (Å²) in [7, 11) is 0. The lowest BCUT2D eigenvalue weighted by Gasteiger charge is -2.29. The fourth-order valence-electron chi connectivity index (χ4n) is 2.23. The molecule has 0 saturated carbocycles. The molecule has 1 aromatic carbocycles. The van der Waals surface area contributed by atoms with Gasteiger partial charge in [0.25, 0.3) is 0 Å². The lowest BCUT2D eigenvalue weighted by Crippen LogP contribution is -2.52. The second kappa shape index (κ2) is 5.61. The Hall–Kier alpha value is -2.28. The Bertz CT molecular complexity index is 574. The molecule has 0 aromatic heterocycles.